The molecule has 0 atom stereocenters. The van der Waals surface area contributed by atoms with Gasteiger partial charge in [0.05, 0.1) is 5.69 Å². The van der Waals surface area contributed by atoms with Crippen molar-refractivity contribution in [1.82, 2.24) is 20.2 Å². The van der Waals surface area contributed by atoms with Crippen molar-refractivity contribution in [3.05, 3.63) is 96.0 Å². The molecule has 3 N–H and O–H groups in total. The minimum absolute atomic E-state index is 0.154. The summed E-state index contributed by atoms with van der Waals surface area (Å²) < 4.78 is 0. The van der Waals surface area contributed by atoms with Crippen molar-refractivity contribution in [2.45, 2.75) is 20.4 Å². The third-order valence-corrected chi connectivity index (χ3v) is 6.02. The molecule has 0 bridgehead atoms. The molecule has 2 aromatic carbocycles. The molecule has 1 aliphatic heterocycles. The molecule has 1 aliphatic rings. The molecule has 0 radical (unpaired) electrons. The highest BCUT2D eigenvalue weighted by atomic mass is 16.1. The van der Waals surface area contributed by atoms with Crippen LogP contribution in [0.25, 0.3) is 5.57 Å². The number of amides is 1. The first-order valence-corrected chi connectivity index (χ1v) is 12.4. The van der Waals surface area contributed by atoms with Crippen molar-refractivity contribution < 1.29 is 4.79 Å². The van der Waals surface area contributed by atoms with Gasteiger partial charge in [0.25, 0.3) is 5.91 Å². The van der Waals surface area contributed by atoms with E-state index in [1.54, 1.807) is 24.7 Å². The largest absolute Gasteiger partial charge is 0.324 e. The standard InChI is InChI=1S/C29H33N7O/c1-4-12-31-19-22(3)26-11-13-32-29(34-26)35-27-18-25(10-5-21(27)2)33-28(37)24-8-6-23(7-9-24)20-36-16-14-30-15-17-36/h4-13,18-19,30H,3,14-17,20H2,1-2H3,(H,33,37)(H,32,34,35)/b12-4-,31-19-. The van der Waals surface area contributed by atoms with Gasteiger partial charge in [0.1, 0.15) is 0 Å². The van der Waals surface area contributed by atoms with Crippen molar-refractivity contribution in [2.75, 3.05) is 36.8 Å². The molecule has 37 heavy (non-hydrogen) atoms. The zero-order valence-corrected chi connectivity index (χ0v) is 21.4. The highest BCUT2D eigenvalue weighted by Gasteiger charge is 2.12. The second-order valence-corrected chi connectivity index (χ2v) is 8.88. The number of nitrogens with zero attached hydrogens (tertiary/aromatic N) is 4. The summed E-state index contributed by atoms with van der Waals surface area (Å²) in [5, 5.41) is 9.61. The Bertz CT molecular complexity index is 1290. The maximum atomic E-state index is 12.9. The van der Waals surface area contributed by atoms with Gasteiger partial charge in [-0.2, -0.15) is 0 Å². The van der Waals surface area contributed by atoms with E-state index in [2.05, 4.69) is 42.4 Å². The Kier molecular flexibility index (Phi) is 8.91. The molecule has 0 spiro atoms. The third-order valence-electron chi connectivity index (χ3n) is 6.02. The number of hydrogen-bond acceptors (Lipinski definition) is 7. The zero-order valence-electron chi connectivity index (χ0n) is 21.4. The summed E-state index contributed by atoms with van der Waals surface area (Å²) in [5.41, 5.74) is 5.66. The predicted molar refractivity (Wildman–Crippen MR) is 151 cm³/mol. The summed E-state index contributed by atoms with van der Waals surface area (Å²) in [6.45, 7) is 12.9. The predicted octanol–water partition coefficient (Wildman–Crippen LogP) is 4.80. The van der Waals surface area contributed by atoms with Crippen LogP contribution in [0.3, 0.4) is 0 Å². The fourth-order valence-corrected chi connectivity index (χ4v) is 3.93. The van der Waals surface area contributed by atoms with Crippen molar-refractivity contribution in [3.63, 3.8) is 0 Å². The number of carbonyl (C=O) groups is 1. The molecule has 4 rings (SSSR count). The van der Waals surface area contributed by atoms with Crippen LogP contribution in [0.5, 0.6) is 0 Å². The van der Waals surface area contributed by atoms with Crippen LogP contribution in [0.4, 0.5) is 17.3 Å². The van der Waals surface area contributed by atoms with Gasteiger partial charge in [-0.3, -0.25) is 14.7 Å². The number of carbonyl (C=O) groups excluding carboxylic acids is 1. The average Bonchev–Trinajstić information content (AvgIpc) is 2.92. The van der Waals surface area contributed by atoms with Gasteiger partial charge >= 0.3 is 0 Å². The van der Waals surface area contributed by atoms with E-state index < -0.39 is 0 Å². The van der Waals surface area contributed by atoms with Crippen LogP contribution >= 0.6 is 0 Å². The second-order valence-electron chi connectivity index (χ2n) is 8.88. The Morgan fingerprint density at radius 2 is 1.95 bits per heavy atom. The molecule has 1 fully saturated rings. The topological polar surface area (TPSA) is 94.5 Å². The summed E-state index contributed by atoms with van der Waals surface area (Å²) >= 11 is 0. The Balaban J connectivity index is 1.41. The first-order valence-electron chi connectivity index (χ1n) is 12.4. The lowest BCUT2D eigenvalue weighted by atomic mass is 10.1. The number of aryl methyl sites for hydroxylation is 1. The first kappa shape index (κ1) is 25.9. The molecule has 3 aromatic rings. The van der Waals surface area contributed by atoms with Crippen molar-refractivity contribution >= 4 is 35.0 Å². The number of allylic oxidation sites excluding steroid dienone is 2. The smallest absolute Gasteiger partial charge is 0.255 e. The van der Waals surface area contributed by atoms with Gasteiger partial charge in [-0.15, -0.1) is 0 Å². The van der Waals surface area contributed by atoms with E-state index in [0.29, 0.717) is 28.5 Å². The molecule has 0 aliphatic carbocycles. The van der Waals surface area contributed by atoms with E-state index in [1.165, 1.54) is 5.56 Å². The molecule has 2 heterocycles. The molecular weight excluding hydrogens is 462 g/mol. The Hall–Kier alpha value is -4.14. The fraction of sp³-hybridized carbons (Fsp3) is 0.241. The highest BCUT2D eigenvalue weighted by molar-refractivity contribution is 6.08. The van der Waals surface area contributed by atoms with E-state index in [9.17, 15) is 4.79 Å². The SMILES string of the molecule is C=C(/C=N\C=C/C)c1ccnc(Nc2cc(NC(=O)c3ccc(CN4CCNCC4)cc3)ccc2C)n1. The minimum atomic E-state index is -0.154. The number of aliphatic imine (C=N–C) groups is 1. The van der Waals surface area contributed by atoms with E-state index in [0.717, 1.165) is 44.0 Å². The van der Waals surface area contributed by atoms with Crippen molar-refractivity contribution in [1.29, 1.82) is 0 Å². The second kappa shape index (κ2) is 12.7. The molecular formula is C29H33N7O. The monoisotopic (exact) mass is 495 g/mol. The first-order chi connectivity index (χ1) is 18.0. The number of hydrogen-bond donors (Lipinski definition) is 3. The van der Waals surface area contributed by atoms with Crippen molar-refractivity contribution in [2.24, 2.45) is 4.99 Å². The number of aromatic nitrogens is 2. The molecule has 1 saturated heterocycles. The summed E-state index contributed by atoms with van der Waals surface area (Å²) in [6, 6.07) is 15.3. The highest BCUT2D eigenvalue weighted by Crippen LogP contribution is 2.24. The van der Waals surface area contributed by atoms with Crippen LogP contribution in [0.2, 0.25) is 0 Å². The zero-order chi connectivity index (χ0) is 26.0. The van der Waals surface area contributed by atoms with Gasteiger partial charge in [-0.1, -0.05) is 30.9 Å². The van der Waals surface area contributed by atoms with E-state index in [4.69, 9.17) is 0 Å². The maximum absolute atomic E-state index is 12.9. The normalized spacial score (nSPS) is 14.2. The van der Waals surface area contributed by atoms with E-state index in [1.807, 2.05) is 62.4 Å². The Labute approximate surface area is 218 Å². The molecule has 0 unspecified atom stereocenters. The lowest BCUT2D eigenvalue weighted by molar-refractivity contribution is 0.102. The van der Waals surface area contributed by atoms with Gasteiger partial charge < -0.3 is 16.0 Å². The fourth-order valence-electron chi connectivity index (χ4n) is 3.93. The number of benzene rings is 2. The summed E-state index contributed by atoms with van der Waals surface area (Å²) in [6.07, 6.45) is 6.86. The summed E-state index contributed by atoms with van der Waals surface area (Å²) in [7, 11) is 0. The number of nitrogens with one attached hydrogen (secondary N) is 3. The van der Waals surface area contributed by atoms with Crippen LogP contribution < -0.4 is 16.0 Å². The average molecular weight is 496 g/mol. The quantitative estimate of drug-likeness (QED) is 0.369. The Morgan fingerprint density at radius 1 is 1.16 bits per heavy atom. The van der Waals surface area contributed by atoms with Gasteiger partial charge in [-0.05, 0) is 55.3 Å². The molecule has 8 nitrogen and oxygen atoms in total. The molecule has 0 saturated carbocycles. The lowest BCUT2D eigenvalue weighted by Crippen LogP contribution is -2.42. The number of anilines is 3. The number of piperazine rings is 1. The van der Waals surface area contributed by atoms with Gasteiger partial charge in [0.2, 0.25) is 5.95 Å². The van der Waals surface area contributed by atoms with Crippen LogP contribution in [0.15, 0.2) is 78.6 Å². The van der Waals surface area contributed by atoms with Gasteiger partial charge in [0, 0.05) is 73.8 Å². The number of rotatable bonds is 9. The van der Waals surface area contributed by atoms with Crippen LogP contribution in [0.1, 0.15) is 34.1 Å². The minimum Gasteiger partial charge on any atom is -0.324 e. The van der Waals surface area contributed by atoms with Crippen LogP contribution in [-0.4, -0.2) is 53.2 Å². The third kappa shape index (κ3) is 7.42. The van der Waals surface area contributed by atoms with Crippen molar-refractivity contribution in [3.8, 4) is 0 Å². The van der Waals surface area contributed by atoms with E-state index in [-0.39, 0.29) is 5.91 Å². The summed E-state index contributed by atoms with van der Waals surface area (Å²) in [4.78, 5) is 28.3. The van der Waals surface area contributed by atoms with Gasteiger partial charge in [-0.25, -0.2) is 9.97 Å². The molecule has 1 aromatic heterocycles. The van der Waals surface area contributed by atoms with E-state index >= 15 is 0 Å². The molecule has 1 amide bonds. The Morgan fingerprint density at radius 3 is 2.70 bits per heavy atom. The van der Waals surface area contributed by atoms with Crippen LogP contribution in [0, 0.1) is 6.92 Å². The summed E-state index contributed by atoms with van der Waals surface area (Å²) in [5.74, 6) is 0.281. The molecule has 8 heteroatoms. The van der Waals surface area contributed by atoms with Crippen LogP contribution in [-0.2, 0) is 6.54 Å². The molecule has 190 valence electrons. The van der Waals surface area contributed by atoms with Gasteiger partial charge in [0.15, 0.2) is 0 Å². The maximum Gasteiger partial charge on any atom is 0.255 e. The lowest BCUT2D eigenvalue weighted by Gasteiger charge is -2.27.